The van der Waals surface area contributed by atoms with Crippen LogP contribution < -0.4 is 21.7 Å². The maximum atomic E-state index is 13.1. The van der Waals surface area contributed by atoms with E-state index in [1.54, 1.807) is 13.1 Å². The number of carbonyl (C=O) groups excluding carboxylic acids is 3. The summed E-state index contributed by atoms with van der Waals surface area (Å²) in [5, 5.41) is 16.4. The molecule has 0 aliphatic carbocycles. The van der Waals surface area contributed by atoms with Crippen LogP contribution in [0.1, 0.15) is 31.7 Å². The molecule has 0 aliphatic heterocycles. The molecule has 4 atom stereocenters. The number of H-pyrrole nitrogens is 2. The zero-order valence-corrected chi connectivity index (χ0v) is 18.5. The zero-order valence-electron chi connectivity index (χ0n) is 18.5. The van der Waals surface area contributed by atoms with Crippen LogP contribution in [0.3, 0.4) is 0 Å². The van der Waals surface area contributed by atoms with Gasteiger partial charge in [0.25, 0.3) is 0 Å². The van der Waals surface area contributed by atoms with Gasteiger partial charge in [-0.1, -0.05) is 20.3 Å². The smallest absolute Gasteiger partial charge is 0.322 e. The highest BCUT2D eigenvalue weighted by molar-refractivity contribution is 5.94. The molecule has 0 radical (unpaired) electrons. The number of carbonyl (C=O) groups is 4. The van der Waals surface area contributed by atoms with Crippen molar-refractivity contribution in [1.29, 1.82) is 0 Å². The van der Waals surface area contributed by atoms with Crippen molar-refractivity contribution in [2.75, 3.05) is 6.54 Å². The number of hydrogen-bond donors (Lipinski definition) is 7. The molecule has 0 saturated carbocycles. The first kappa shape index (κ1) is 25.5. The Labute approximate surface area is 190 Å². The number of nitrogens with two attached hydrogens (primary N) is 1. The molecule has 0 spiro atoms. The molecule has 4 unspecified atom stereocenters. The number of nitrogens with zero attached hydrogens (tertiary/aromatic N) is 2. The topological polar surface area (TPSA) is 208 Å². The van der Waals surface area contributed by atoms with Gasteiger partial charge in [-0.15, -0.1) is 0 Å². The van der Waals surface area contributed by atoms with E-state index in [0.29, 0.717) is 17.8 Å². The van der Waals surface area contributed by atoms with Gasteiger partial charge in [-0.3, -0.25) is 19.2 Å². The lowest BCUT2D eigenvalue weighted by atomic mass is 9.97. The van der Waals surface area contributed by atoms with E-state index in [1.807, 2.05) is 6.92 Å². The molecule has 33 heavy (non-hydrogen) atoms. The van der Waals surface area contributed by atoms with Crippen molar-refractivity contribution in [3.63, 3.8) is 0 Å². The third-order valence-electron chi connectivity index (χ3n) is 5.15. The van der Waals surface area contributed by atoms with Crippen molar-refractivity contribution in [3.8, 4) is 0 Å². The van der Waals surface area contributed by atoms with E-state index >= 15 is 0 Å². The van der Waals surface area contributed by atoms with Crippen molar-refractivity contribution in [2.24, 2.45) is 11.7 Å². The number of amides is 3. The highest BCUT2D eigenvalue weighted by atomic mass is 16.4. The monoisotopic (exact) mass is 462 g/mol. The van der Waals surface area contributed by atoms with Crippen LogP contribution in [0, 0.1) is 5.92 Å². The number of aliphatic carboxylic acids is 1. The molecule has 13 nitrogen and oxygen atoms in total. The van der Waals surface area contributed by atoms with Gasteiger partial charge in [-0.05, 0) is 5.92 Å². The van der Waals surface area contributed by atoms with Crippen molar-refractivity contribution < 1.29 is 24.3 Å². The predicted octanol–water partition coefficient (Wildman–Crippen LogP) is -1.54. The third-order valence-corrected chi connectivity index (χ3v) is 5.15. The molecule has 2 aromatic heterocycles. The normalized spacial score (nSPS) is 14.5. The van der Waals surface area contributed by atoms with Crippen LogP contribution in [0.4, 0.5) is 0 Å². The van der Waals surface area contributed by atoms with E-state index in [0.717, 1.165) is 0 Å². The zero-order chi connectivity index (χ0) is 24.4. The predicted molar refractivity (Wildman–Crippen MR) is 117 cm³/mol. The summed E-state index contributed by atoms with van der Waals surface area (Å²) in [6, 6.07) is -2.97. The average Bonchev–Trinajstić information content (AvgIpc) is 3.48. The molecule has 2 aromatic rings. The van der Waals surface area contributed by atoms with Gasteiger partial charge in [0.15, 0.2) is 0 Å². The Morgan fingerprint density at radius 2 is 1.61 bits per heavy atom. The van der Waals surface area contributed by atoms with Crippen LogP contribution in [-0.4, -0.2) is 73.4 Å². The van der Waals surface area contributed by atoms with Gasteiger partial charge in [-0.25, -0.2) is 9.97 Å². The van der Waals surface area contributed by atoms with Crippen LogP contribution >= 0.6 is 0 Å². The molecule has 13 heteroatoms. The van der Waals surface area contributed by atoms with Crippen LogP contribution in [-0.2, 0) is 32.0 Å². The average molecular weight is 463 g/mol. The second-order valence-corrected chi connectivity index (χ2v) is 7.71. The fourth-order valence-electron chi connectivity index (χ4n) is 3.06. The Bertz CT molecular complexity index is 915. The van der Waals surface area contributed by atoms with E-state index in [2.05, 4.69) is 35.9 Å². The molecule has 0 saturated heterocycles. The number of nitrogens with one attached hydrogen (secondary N) is 5. The van der Waals surface area contributed by atoms with Gasteiger partial charge in [0.1, 0.15) is 18.6 Å². The first-order valence-corrected chi connectivity index (χ1v) is 10.5. The van der Waals surface area contributed by atoms with E-state index in [-0.39, 0.29) is 18.8 Å². The Kier molecular flexibility index (Phi) is 9.54. The van der Waals surface area contributed by atoms with Crippen LogP contribution in [0.5, 0.6) is 0 Å². The Morgan fingerprint density at radius 1 is 1.00 bits per heavy atom. The molecule has 3 amide bonds. The number of aromatic nitrogens is 4. The number of hydrogen-bond acceptors (Lipinski definition) is 7. The minimum atomic E-state index is -1.20. The summed E-state index contributed by atoms with van der Waals surface area (Å²) in [5.41, 5.74) is 7.24. The quantitative estimate of drug-likeness (QED) is 0.185. The lowest BCUT2D eigenvalue weighted by Crippen LogP contribution is -2.58. The van der Waals surface area contributed by atoms with Gasteiger partial charge in [0.05, 0.1) is 18.7 Å². The van der Waals surface area contributed by atoms with Gasteiger partial charge in [-0.2, -0.15) is 0 Å². The lowest BCUT2D eigenvalue weighted by Gasteiger charge is -2.26. The van der Waals surface area contributed by atoms with E-state index in [1.165, 1.54) is 18.9 Å². The highest BCUT2D eigenvalue weighted by Crippen LogP contribution is 2.10. The molecule has 0 aliphatic rings. The molecule has 180 valence electrons. The minimum Gasteiger partial charge on any atom is -0.480 e. The van der Waals surface area contributed by atoms with Crippen molar-refractivity contribution in [2.45, 2.75) is 51.2 Å². The van der Waals surface area contributed by atoms with Crippen LogP contribution in [0.15, 0.2) is 25.0 Å². The lowest BCUT2D eigenvalue weighted by molar-refractivity contribution is -0.139. The van der Waals surface area contributed by atoms with E-state index in [4.69, 9.17) is 10.8 Å². The maximum Gasteiger partial charge on any atom is 0.322 e. The van der Waals surface area contributed by atoms with Gasteiger partial charge in [0, 0.05) is 36.6 Å². The number of carboxylic acids is 1. The third kappa shape index (κ3) is 8.03. The van der Waals surface area contributed by atoms with Gasteiger partial charge in [0.2, 0.25) is 17.7 Å². The van der Waals surface area contributed by atoms with Gasteiger partial charge >= 0.3 is 5.97 Å². The largest absolute Gasteiger partial charge is 0.480 e. The molecule has 2 heterocycles. The maximum absolute atomic E-state index is 13.1. The molecule has 0 bridgehead atoms. The van der Waals surface area contributed by atoms with Crippen LogP contribution in [0.25, 0.3) is 0 Å². The summed E-state index contributed by atoms with van der Waals surface area (Å²) in [5.74, 6) is -3.27. The van der Waals surface area contributed by atoms with Crippen molar-refractivity contribution in [1.82, 2.24) is 35.9 Å². The SMILES string of the molecule is CCC(C)C(NC(=O)C(Cc1cnc[nH]1)NC(=O)C(N)Cc1cnc[nH]1)C(=O)NCC(=O)O. The number of carboxylic acid groups (broad SMARTS) is 1. The van der Waals surface area contributed by atoms with Crippen molar-refractivity contribution in [3.05, 3.63) is 36.4 Å². The Hall–Kier alpha value is -3.74. The summed E-state index contributed by atoms with van der Waals surface area (Å²) in [6.45, 7) is 3.03. The molecule has 2 rings (SSSR count). The van der Waals surface area contributed by atoms with E-state index in [9.17, 15) is 19.2 Å². The van der Waals surface area contributed by atoms with Gasteiger partial charge < -0.3 is 36.8 Å². The van der Waals surface area contributed by atoms with E-state index < -0.39 is 48.4 Å². The molecular formula is C20H30N8O5. The summed E-state index contributed by atoms with van der Waals surface area (Å²) in [6.07, 6.45) is 6.81. The summed E-state index contributed by atoms with van der Waals surface area (Å²) >= 11 is 0. The first-order valence-electron chi connectivity index (χ1n) is 10.5. The molecular weight excluding hydrogens is 432 g/mol. The molecule has 0 fully saturated rings. The highest BCUT2D eigenvalue weighted by Gasteiger charge is 2.31. The Balaban J connectivity index is 2.12. The second-order valence-electron chi connectivity index (χ2n) is 7.71. The minimum absolute atomic E-state index is 0.0817. The fraction of sp³-hybridized carbons (Fsp3) is 0.500. The fourth-order valence-corrected chi connectivity index (χ4v) is 3.06. The van der Waals surface area contributed by atoms with Crippen molar-refractivity contribution >= 4 is 23.7 Å². The summed E-state index contributed by atoms with van der Waals surface area (Å²) < 4.78 is 0. The number of imidazole rings is 2. The Morgan fingerprint density at radius 3 is 2.12 bits per heavy atom. The second kappa shape index (κ2) is 12.3. The number of rotatable bonds is 13. The summed E-state index contributed by atoms with van der Waals surface area (Å²) in [4.78, 5) is 62.6. The standard InChI is InChI=1S/C20H30N8O5/c1-3-11(2)17(20(33)24-8-16(29)30)28-19(32)15(5-13-7-23-10-26-13)27-18(31)14(21)4-12-6-22-9-25-12/h6-7,9-11,14-15,17H,3-5,8,21H2,1-2H3,(H,22,25)(H,23,26)(H,24,33)(H,27,31)(H,28,32)(H,29,30). The summed E-state index contributed by atoms with van der Waals surface area (Å²) in [7, 11) is 0. The first-order chi connectivity index (χ1) is 15.7. The number of aromatic amines is 2. The molecule has 0 aromatic carbocycles. The van der Waals surface area contributed by atoms with Crippen LogP contribution in [0.2, 0.25) is 0 Å². The molecule has 8 N–H and O–H groups in total.